The number of anilines is 2. The lowest BCUT2D eigenvalue weighted by Crippen LogP contribution is -2.20. The number of benzene rings is 1. The molecule has 2 rings (SSSR count). The zero-order valence-electron chi connectivity index (χ0n) is 15.9. The fourth-order valence-corrected chi connectivity index (χ4v) is 3.12. The molecular weight excluding hydrogens is 360 g/mol. The fraction of sp³-hybridized carbons (Fsp3) is 0.316. The Kier molecular flexibility index (Phi) is 6.27. The van der Waals surface area contributed by atoms with Gasteiger partial charge in [0.05, 0.1) is 29.2 Å². The van der Waals surface area contributed by atoms with Crippen LogP contribution in [0.3, 0.4) is 0 Å². The molecule has 1 heterocycles. The second-order valence-corrected chi connectivity index (χ2v) is 7.35. The van der Waals surface area contributed by atoms with Gasteiger partial charge in [0, 0.05) is 20.0 Å². The van der Waals surface area contributed by atoms with Crippen molar-refractivity contribution in [3.05, 3.63) is 40.7 Å². The predicted molar refractivity (Wildman–Crippen MR) is 108 cm³/mol. The summed E-state index contributed by atoms with van der Waals surface area (Å²) in [6.45, 7) is 12.5. The van der Waals surface area contributed by atoms with Crippen molar-refractivity contribution in [3.8, 4) is 6.07 Å². The number of carbonyl (C=O) groups excluding carboxylic acids is 1. The third-order valence-electron chi connectivity index (χ3n) is 3.82. The van der Waals surface area contributed by atoms with Crippen LogP contribution in [0.25, 0.3) is 4.85 Å². The molecule has 0 unspecified atom stereocenters. The third-order valence-corrected chi connectivity index (χ3v) is 4.89. The Balaban J connectivity index is 2.40. The molecule has 0 fully saturated rings. The van der Waals surface area contributed by atoms with Crippen molar-refractivity contribution >= 4 is 44.3 Å². The first-order valence-corrected chi connectivity index (χ1v) is 9.05. The molecule has 1 aromatic heterocycles. The normalized spacial score (nSPS) is 10.7. The highest BCUT2D eigenvalue weighted by molar-refractivity contribution is 7.20. The quantitative estimate of drug-likeness (QED) is 0.545. The third kappa shape index (κ3) is 4.49. The average molecular weight is 380 g/mol. The number of amides is 1. The van der Waals surface area contributed by atoms with E-state index in [-0.39, 0.29) is 11.8 Å². The van der Waals surface area contributed by atoms with E-state index in [9.17, 15) is 10.1 Å². The van der Waals surface area contributed by atoms with Gasteiger partial charge in [0.2, 0.25) is 10.9 Å². The highest BCUT2D eigenvalue weighted by atomic mass is 32.1. The van der Waals surface area contributed by atoms with Crippen molar-refractivity contribution in [2.24, 2.45) is 16.1 Å². The topological polar surface area (TPSA) is 85.2 Å². The number of nitriles is 1. The lowest BCUT2D eigenvalue weighted by Gasteiger charge is -2.19. The van der Waals surface area contributed by atoms with Gasteiger partial charge in [-0.3, -0.25) is 4.79 Å². The van der Waals surface area contributed by atoms with Crippen LogP contribution in [-0.2, 0) is 4.79 Å². The van der Waals surface area contributed by atoms with E-state index in [0.29, 0.717) is 32.5 Å². The van der Waals surface area contributed by atoms with Crippen molar-refractivity contribution in [1.29, 1.82) is 5.26 Å². The van der Waals surface area contributed by atoms with E-state index in [1.54, 1.807) is 19.1 Å². The molecule has 0 atom stereocenters. The number of thiophene rings is 1. The van der Waals surface area contributed by atoms with Crippen molar-refractivity contribution in [1.82, 2.24) is 0 Å². The summed E-state index contributed by atoms with van der Waals surface area (Å²) in [7, 11) is 3.78. The van der Waals surface area contributed by atoms with Gasteiger partial charge in [-0.25, -0.2) is 4.85 Å². The minimum absolute atomic E-state index is 0.0884. The highest BCUT2D eigenvalue weighted by Crippen LogP contribution is 2.41. The van der Waals surface area contributed by atoms with Gasteiger partial charge in [0.1, 0.15) is 11.1 Å². The Labute approximate surface area is 162 Å². The average Bonchev–Trinajstić information content (AvgIpc) is 2.94. The SMILES string of the molecule is [C-]#[N+]c1sc(N=Nc2ccc(N(C)C)c(NC(=O)C(C)C)c2)c(C#N)c1C. The second kappa shape index (κ2) is 8.43. The number of carbonyl (C=O) groups is 1. The second-order valence-electron chi connectivity index (χ2n) is 6.38. The Morgan fingerprint density at radius 2 is 2.07 bits per heavy atom. The number of nitrogens with one attached hydrogen (secondary N) is 1. The van der Waals surface area contributed by atoms with Gasteiger partial charge >= 0.3 is 0 Å². The molecule has 8 heteroatoms. The standard InChI is InChI=1S/C19H20N6OS/c1-11(2)17(26)22-15-9-13(7-8-16(15)25(5)6)23-24-19-14(10-20)12(3)18(21-4)27-19/h7-9,11H,1-3,5-6H3,(H,22,26). The number of azo groups is 1. The number of hydrogen-bond acceptors (Lipinski definition) is 6. The minimum atomic E-state index is -0.149. The van der Waals surface area contributed by atoms with Crippen molar-refractivity contribution in [3.63, 3.8) is 0 Å². The molecule has 27 heavy (non-hydrogen) atoms. The van der Waals surface area contributed by atoms with Crippen LogP contribution in [0.1, 0.15) is 25.0 Å². The molecule has 0 saturated heterocycles. The Hall–Kier alpha value is -3.23. The van der Waals surface area contributed by atoms with E-state index in [4.69, 9.17) is 6.57 Å². The van der Waals surface area contributed by atoms with Gasteiger partial charge in [-0.15, -0.1) is 21.6 Å². The smallest absolute Gasteiger partial charge is 0.247 e. The lowest BCUT2D eigenvalue weighted by atomic mass is 10.2. The first-order chi connectivity index (χ1) is 12.8. The van der Waals surface area contributed by atoms with E-state index >= 15 is 0 Å². The van der Waals surface area contributed by atoms with Crippen LogP contribution in [0, 0.1) is 30.7 Å². The number of hydrogen-bond donors (Lipinski definition) is 1. The molecule has 0 aliphatic rings. The molecule has 0 aliphatic carbocycles. The van der Waals surface area contributed by atoms with Gasteiger partial charge in [-0.05, 0) is 30.7 Å². The molecule has 1 N–H and O–H groups in total. The van der Waals surface area contributed by atoms with Crippen LogP contribution in [0.5, 0.6) is 0 Å². The predicted octanol–water partition coefficient (Wildman–Crippen LogP) is 5.55. The molecule has 0 spiro atoms. The Morgan fingerprint density at radius 3 is 2.63 bits per heavy atom. The summed E-state index contributed by atoms with van der Waals surface area (Å²) in [5.41, 5.74) is 3.02. The summed E-state index contributed by atoms with van der Waals surface area (Å²) in [5, 5.41) is 21.4. The van der Waals surface area contributed by atoms with E-state index in [1.807, 2.05) is 38.9 Å². The summed E-state index contributed by atoms with van der Waals surface area (Å²) in [5.74, 6) is -0.237. The van der Waals surface area contributed by atoms with Gasteiger partial charge in [-0.2, -0.15) is 5.26 Å². The molecule has 0 bridgehead atoms. The maximum Gasteiger partial charge on any atom is 0.247 e. The van der Waals surface area contributed by atoms with Crippen LogP contribution in [-0.4, -0.2) is 20.0 Å². The van der Waals surface area contributed by atoms with Crippen LogP contribution >= 0.6 is 11.3 Å². The summed E-state index contributed by atoms with van der Waals surface area (Å²) in [6.07, 6.45) is 0. The van der Waals surface area contributed by atoms with E-state index < -0.39 is 0 Å². The maximum atomic E-state index is 12.1. The Bertz CT molecular complexity index is 975. The van der Waals surface area contributed by atoms with E-state index in [1.165, 1.54) is 0 Å². The number of nitrogens with zero attached hydrogens (tertiary/aromatic N) is 5. The molecule has 1 aromatic carbocycles. The summed E-state index contributed by atoms with van der Waals surface area (Å²) in [6, 6.07) is 7.45. The van der Waals surface area contributed by atoms with Gasteiger partial charge in [0.15, 0.2) is 0 Å². The molecular formula is C19H20N6OS. The largest absolute Gasteiger partial charge is 0.376 e. The molecule has 138 valence electrons. The summed E-state index contributed by atoms with van der Waals surface area (Å²) in [4.78, 5) is 17.4. The van der Waals surface area contributed by atoms with E-state index in [2.05, 4.69) is 26.5 Å². The minimum Gasteiger partial charge on any atom is -0.376 e. The van der Waals surface area contributed by atoms with Gasteiger partial charge < -0.3 is 10.2 Å². The first-order valence-electron chi connectivity index (χ1n) is 8.23. The van der Waals surface area contributed by atoms with Crippen LogP contribution in [0.15, 0.2) is 28.4 Å². The molecule has 0 radical (unpaired) electrons. The van der Waals surface area contributed by atoms with Crippen molar-refractivity contribution in [2.75, 3.05) is 24.3 Å². The lowest BCUT2D eigenvalue weighted by molar-refractivity contribution is -0.118. The maximum absolute atomic E-state index is 12.1. The highest BCUT2D eigenvalue weighted by Gasteiger charge is 2.15. The molecule has 7 nitrogen and oxygen atoms in total. The van der Waals surface area contributed by atoms with Crippen LogP contribution in [0.2, 0.25) is 0 Å². The zero-order chi connectivity index (χ0) is 20.1. The van der Waals surface area contributed by atoms with Crippen molar-refractivity contribution < 1.29 is 4.79 Å². The van der Waals surface area contributed by atoms with Crippen LogP contribution < -0.4 is 10.2 Å². The fourth-order valence-electron chi connectivity index (χ4n) is 2.25. The van der Waals surface area contributed by atoms with Gasteiger partial charge in [-0.1, -0.05) is 13.8 Å². The van der Waals surface area contributed by atoms with Crippen LogP contribution in [0.4, 0.5) is 27.1 Å². The first kappa shape index (κ1) is 20.1. The van der Waals surface area contributed by atoms with E-state index in [0.717, 1.165) is 17.0 Å². The monoisotopic (exact) mass is 380 g/mol. The van der Waals surface area contributed by atoms with Crippen molar-refractivity contribution in [2.45, 2.75) is 20.8 Å². The zero-order valence-corrected chi connectivity index (χ0v) is 16.7. The number of rotatable bonds is 5. The molecule has 2 aromatic rings. The molecule has 1 amide bonds. The summed E-state index contributed by atoms with van der Waals surface area (Å²) >= 11 is 1.14. The molecule has 0 aliphatic heterocycles. The molecule has 0 saturated carbocycles. The summed E-state index contributed by atoms with van der Waals surface area (Å²) < 4.78 is 0. The van der Waals surface area contributed by atoms with Gasteiger partial charge in [0.25, 0.3) is 0 Å². The Morgan fingerprint density at radius 1 is 1.37 bits per heavy atom.